The molecule has 0 saturated heterocycles. The highest BCUT2D eigenvalue weighted by atomic mass is 16.3. The van der Waals surface area contributed by atoms with Crippen molar-refractivity contribution in [2.45, 2.75) is 70.9 Å². The topological polar surface area (TPSA) is 173 Å². The van der Waals surface area contributed by atoms with E-state index in [-0.39, 0.29) is 36.6 Å². The maximum Gasteiger partial charge on any atom is 0.237 e. The summed E-state index contributed by atoms with van der Waals surface area (Å²) in [5.74, 6) is -3.33. The summed E-state index contributed by atoms with van der Waals surface area (Å²) < 4.78 is 0. The molecule has 0 heterocycles. The van der Waals surface area contributed by atoms with Crippen LogP contribution >= 0.6 is 0 Å². The third kappa shape index (κ3) is 10.1. The number of aliphatic hydroxyl groups excluding tert-OH is 1. The van der Waals surface area contributed by atoms with Gasteiger partial charge in [-0.1, -0.05) is 38.3 Å². The first-order valence-corrected chi connectivity index (χ1v) is 11.4. The Kier molecular flexibility index (Phi) is 12.3. The van der Waals surface area contributed by atoms with Gasteiger partial charge in [-0.25, -0.2) is 0 Å². The lowest BCUT2D eigenvalue weighted by Gasteiger charge is -2.21. The molecule has 9 heteroatoms. The summed E-state index contributed by atoms with van der Waals surface area (Å²) in [6.45, 7) is 3.04. The number of carbonyl (C=O) groups is 4. The van der Waals surface area contributed by atoms with Crippen LogP contribution in [0.2, 0.25) is 0 Å². The Morgan fingerprint density at radius 3 is 2.15 bits per heavy atom. The fraction of sp³-hybridized carbons (Fsp3) is 0.583. The number of amides is 2. The van der Waals surface area contributed by atoms with E-state index >= 15 is 0 Å². The molecule has 4 atom stereocenters. The molecule has 1 unspecified atom stereocenters. The normalized spacial score (nSPS) is 14.7. The molecule has 0 saturated carbocycles. The molecular formula is C24H37N3O6. The van der Waals surface area contributed by atoms with Crippen LogP contribution in [0.5, 0.6) is 5.75 Å². The molecule has 0 aromatic heterocycles. The third-order valence-corrected chi connectivity index (χ3v) is 5.70. The molecule has 184 valence electrons. The maximum absolute atomic E-state index is 12.8. The van der Waals surface area contributed by atoms with E-state index in [0.717, 1.165) is 24.8 Å². The van der Waals surface area contributed by atoms with E-state index in [4.69, 9.17) is 11.5 Å². The first kappa shape index (κ1) is 28.3. The van der Waals surface area contributed by atoms with Gasteiger partial charge in [0, 0.05) is 18.8 Å². The summed E-state index contributed by atoms with van der Waals surface area (Å²) in [5, 5.41) is 21.2. The number of benzene rings is 1. The molecule has 0 radical (unpaired) electrons. The highest BCUT2D eigenvalue weighted by Gasteiger charge is 2.29. The van der Waals surface area contributed by atoms with Gasteiger partial charge >= 0.3 is 0 Å². The average Bonchev–Trinajstić information content (AvgIpc) is 2.77. The Hall–Kier alpha value is -2.78. The summed E-state index contributed by atoms with van der Waals surface area (Å²) in [6, 6.07) is 4.61. The van der Waals surface area contributed by atoms with E-state index in [9.17, 15) is 29.4 Å². The van der Waals surface area contributed by atoms with E-state index in [1.165, 1.54) is 12.1 Å². The molecule has 0 aliphatic heterocycles. The highest BCUT2D eigenvalue weighted by molar-refractivity contribution is 5.94. The van der Waals surface area contributed by atoms with Crippen molar-refractivity contribution in [1.82, 2.24) is 5.32 Å². The van der Waals surface area contributed by atoms with Crippen molar-refractivity contribution in [3.8, 4) is 5.75 Å². The minimum atomic E-state index is -0.976. The first-order valence-electron chi connectivity index (χ1n) is 11.4. The number of hydrogen-bond donors (Lipinski definition) is 5. The Labute approximate surface area is 194 Å². The predicted molar refractivity (Wildman–Crippen MR) is 124 cm³/mol. The second-order valence-corrected chi connectivity index (χ2v) is 8.52. The number of carbonyl (C=O) groups excluding carboxylic acids is 4. The first-order chi connectivity index (χ1) is 15.6. The van der Waals surface area contributed by atoms with Gasteiger partial charge in [-0.2, -0.15) is 0 Å². The zero-order chi connectivity index (χ0) is 25.0. The molecule has 1 aromatic carbocycles. The third-order valence-electron chi connectivity index (χ3n) is 5.70. The van der Waals surface area contributed by atoms with Gasteiger partial charge in [0.05, 0.1) is 24.6 Å². The van der Waals surface area contributed by atoms with Gasteiger partial charge in [-0.05, 0) is 37.5 Å². The van der Waals surface area contributed by atoms with Gasteiger partial charge in [0.15, 0.2) is 5.78 Å². The standard InChI is InChI=1S/C24H37N3O6/c1-3-4-5-6-17(22(31)13-18(14-28)23(26)32)12-21(30)15(2)27-24(33)20(25)11-16-7-9-19(29)10-8-16/h7-10,15,17-18,20,28-29H,3-6,11-14,25H2,1-2H3,(H2,26,32)(H,27,33)/t15?,17-,18+,20+/m1/s1. The van der Waals surface area contributed by atoms with Crippen LogP contribution in [0.3, 0.4) is 0 Å². The van der Waals surface area contributed by atoms with Crippen LogP contribution in [0.25, 0.3) is 0 Å². The lowest BCUT2D eigenvalue weighted by molar-refractivity contribution is -0.133. The van der Waals surface area contributed by atoms with Crippen LogP contribution in [0.4, 0.5) is 0 Å². The summed E-state index contributed by atoms with van der Waals surface area (Å²) in [7, 11) is 0. The number of phenols is 1. The monoisotopic (exact) mass is 463 g/mol. The molecule has 33 heavy (non-hydrogen) atoms. The number of Topliss-reactive ketones (excluding diaryl/α,β-unsaturated/α-hetero) is 2. The number of nitrogens with one attached hydrogen (secondary N) is 1. The molecular weight excluding hydrogens is 426 g/mol. The SMILES string of the molecule is CCCCC[C@H](CC(=O)C(C)NC(=O)[C@@H](N)Cc1ccc(O)cc1)C(=O)C[C@@H](CO)C(N)=O. The lowest BCUT2D eigenvalue weighted by Crippen LogP contribution is -2.48. The van der Waals surface area contributed by atoms with Crippen molar-refractivity contribution in [1.29, 1.82) is 0 Å². The molecule has 0 bridgehead atoms. The minimum Gasteiger partial charge on any atom is -0.508 e. The smallest absolute Gasteiger partial charge is 0.237 e. The molecule has 1 aromatic rings. The minimum absolute atomic E-state index is 0.0753. The fourth-order valence-electron chi connectivity index (χ4n) is 3.48. The second kappa shape index (κ2) is 14.4. The number of ketones is 2. The number of hydrogen-bond acceptors (Lipinski definition) is 7. The zero-order valence-corrected chi connectivity index (χ0v) is 19.5. The molecule has 0 spiro atoms. The predicted octanol–water partition coefficient (Wildman–Crippen LogP) is 0.975. The van der Waals surface area contributed by atoms with Crippen LogP contribution in [0, 0.1) is 11.8 Å². The van der Waals surface area contributed by atoms with Crippen LogP contribution in [-0.2, 0) is 25.6 Å². The summed E-state index contributed by atoms with van der Waals surface area (Å²) in [6.07, 6.45) is 3.02. The van der Waals surface area contributed by atoms with Crippen molar-refractivity contribution < 1.29 is 29.4 Å². The van der Waals surface area contributed by atoms with E-state index in [1.807, 2.05) is 6.92 Å². The van der Waals surface area contributed by atoms with E-state index < -0.39 is 42.3 Å². The van der Waals surface area contributed by atoms with Crippen molar-refractivity contribution in [2.24, 2.45) is 23.3 Å². The quantitative estimate of drug-likeness (QED) is 0.227. The fourth-order valence-corrected chi connectivity index (χ4v) is 3.48. The summed E-state index contributed by atoms with van der Waals surface area (Å²) in [4.78, 5) is 49.3. The number of aromatic hydroxyl groups is 1. The van der Waals surface area contributed by atoms with Gasteiger partial charge in [0.25, 0.3) is 0 Å². The zero-order valence-electron chi connectivity index (χ0n) is 19.5. The van der Waals surface area contributed by atoms with Crippen molar-refractivity contribution in [3.05, 3.63) is 29.8 Å². The highest BCUT2D eigenvalue weighted by Crippen LogP contribution is 2.20. The van der Waals surface area contributed by atoms with Crippen molar-refractivity contribution >= 4 is 23.4 Å². The number of nitrogens with two attached hydrogens (primary N) is 2. The molecule has 9 nitrogen and oxygen atoms in total. The Morgan fingerprint density at radius 2 is 1.61 bits per heavy atom. The number of unbranched alkanes of at least 4 members (excludes halogenated alkanes) is 2. The van der Waals surface area contributed by atoms with Crippen LogP contribution in [-0.4, -0.2) is 52.3 Å². The Balaban J connectivity index is 2.71. The van der Waals surface area contributed by atoms with Crippen molar-refractivity contribution in [3.63, 3.8) is 0 Å². The summed E-state index contributed by atoms with van der Waals surface area (Å²) >= 11 is 0. The van der Waals surface area contributed by atoms with E-state index in [1.54, 1.807) is 19.1 Å². The lowest BCUT2D eigenvalue weighted by atomic mass is 9.86. The number of primary amides is 1. The van der Waals surface area contributed by atoms with Crippen LogP contribution in [0.15, 0.2) is 24.3 Å². The van der Waals surface area contributed by atoms with Gasteiger partial charge in [0.2, 0.25) is 11.8 Å². The van der Waals surface area contributed by atoms with Gasteiger partial charge < -0.3 is 27.0 Å². The van der Waals surface area contributed by atoms with Crippen LogP contribution in [0.1, 0.15) is 57.9 Å². The number of phenolic OH excluding ortho intramolecular Hbond substituents is 1. The largest absolute Gasteiger partial charge is 0.508 e. The van der Waals surface area contributed by atoms with E-state index in [0.29, 0.717) is 6.42 Å². The maximum atomic E-state index is 12.8. The number of aliphatic hydroxyl groups is 1. The molecule has 0 aliphatic rings. The Bertz CT molecular complexity index is 796. The van der Waals surface area contributed by atoms with Crippen molar-refractivity contribution in [2.75, 3.05) is 6.61 Å². The van der Waals surface area contributed by atoms with Gasteiger partial charge in [-0.15, -0.1) is 0 Å². The van der Waals surface area contributed by atoms with Gasteiger partial charge in [-0.3, -0.25) is 19.2 Å². The molecule has 7 N–H and O–H groups in total. The van der Waals surface area contributed by atoms with Crippen LogP contribution < -0.4 is 16.8 Å². The average molecular weight is 464 g/mol. The molecule has 1 rings (SSSR count). The van der Waals surface area contributed by atoms with Gasteiger partial charge in [0.1, 0.15) is 11.5 Å². The molecule has 0 fully saturated rings. The Morgan fingerprint density at radius 1 is 1.00 bits per heavy atom. The number of rotatable bonds is 16. The molecule has 2 amide bonds. The summed E-state index contributed by atoms with van der Waals surface area (Å²) in [5.41, 5.74) is 11.9. The molecule has 0 aliphatic carbocycles. The second-order valence-electron chi connectivity index (χ2n) is 8.52. The van der Waals surface area contributed by atoms with E-state index in [2.05, 4.69) is 5.32 Å².